The summed E-state index contributed by atoms with van der Waals surface area (Å²) >= 11 is 12.0. The lowest BCUT2D eigenvalue weighted by Crippen LogP contribution is -2.38. The number of carbonyl (C=O) groups is 1. The summed E-state index contributed by atoms with van der Waals surface area (Å²) < 4.78 is 40.7. The van der Waals surface area contributed by atoms with E-state index in [9.17, 15) is 18.0 Å². The summed E-state index contributed by atoms with van der Waals surface area (Å²) in [6, 6.07) is 7.12. The zero-order valence-electron chi connectivity index (χ0n) is 14.5. The van der Waals surface area contributed by atoms with E-state index in [0.29, 0.717) is 42.5 Å². The average Bonchev–Trinajstić information content (AvgIpc) is 2.63. The number of halogens is 5. The summed E-state index contributed by atoms with van der Waals surface area (Å²) in [5.74, 6) is -0.279. The second-order valence-corrected chi connectivity index (χ2v) is 7.07. The standard InChI is InChI=1S/C18H16Cl2F3N3O2/c19-13-2-1-7-24-16(13)26-8-5-11(6-9-26)17(27)25-12-3-4-15(14(20)10-12)28-18(21,22)23/h1-4,7,10-11H,5-6,8-9H2,(H,25,27). The van der Waals surface area contributed by atoms with Crippen LogP contribution >= 0.6 is 23.2 Å². The molecule has 1 amide bonds. The Hall–Kier alpha value is -2.19. The third kappa shape index (κ3) is 5.20. The topological polar surface area (TPSA) is 54.5 Å². The number of nitrogens with zero attached hydrogens (tertiary/aromatic N) is 2. The number of ether oxygens (including phenoxy) is 1. The number of alkyl halides is 3. The maximum Gasteiger partial charge on any atom is 0.573 e. The van der Waals surface area contributed by atoms with Crippen LogP contribution in [0.2, 0.25) is 10.0 Å². The maximum atomic E-state index is 12.5. The number of hydrogen-bond acceptors (Lipinski definition) is 4. The summed E-state index contributed by atoms with van der Waals surface area (Å²) in [6.07, 6.45) is -1.97. The molecule has 0 bridgehead atoms. The number of piperidine rings is 1. The number of anilines is 2. The molecule has 0 aliphatic carbocycles. The molecule has 1 aliphatic rings. The summed E-state index contributed by atoms with van der Waals surface area (Å²) in [5.41, 5.74) is 0.305. The molecule has 28 heavy (non-hydrogen) atoms. The van der Waals surface area contributed by atoms with Gasteiger partial charge in [-0.05, 0) is 43.2 Å². The first-order valence-electron chi connectivity index (χ1n) is 8.44. The molecule has 10 heteroatoms. The monoisotopic (exact) mass is 433 g/mol. The van der Waals surface area contributed by atoms with E-state index in [-0.39, 0.29) is 16.8 Å². The van der Waals surface area contributed by atoms with Crippen molar-refractivity contribution in [3.63, 3.8) is 0 Å². The Morgan fingerprint density at radius 3 is 2.50 bits per heavy atom. The Morgan fingerprint density at radius 2 is 1.89 bits per heavy atom. The quantitative estimate of drug-likeness (QED) is 0.724. The minimum Gasteiger partial charge on any atom is -0.404 e. The normalized spacial score (nSPS) is 15.4. The highest BCUT2D eigenvalue weighted by atomic mass is 35.5. The predicted octanol–water partition coefficient (Wildman–Crippen LogP) is 5.14. The minimum atomic E-state index is -4.83. The molecule has 2 aromatic rings. The van der Waals surface area contributed by atoms with Crippen LogP contribution in [0.5, 0.6) is 5.75 Å². The minimum absolute atomic E-state index is 0.215. The van der Waals surface area contributed by atoms with E-state index < -0.39 is 12.1 Å². The van der Waals surface area contributed by atoms with Crippen LogP contribution in [-0.4, -0.2) is 30.3 Å². The third-order valence-electron chi connectivity index (χ3n) is 4.33. The predicted molar refractivity (Wildman–Crippen MR) is 101 cm³/mol. The zero-order valence-corrected chi connectivity index (χ0v) is 16.0. The number of amides is 1. The molecule has 0 spiro atoms. The third-order valence-corrected chi connectivity index (χ3v) is 4.92. The zero-order chi connectivity index (χ0) is 20.3. The van der Waals surface area contributed by atoms with Gasteiger partial charge in [-0.2, -0.15) is 0 Å². The van der Waals surface area contributed by atoms with Crippen molar-refractivity contribution in [2.45, 2.75) is 19.2 Å². The van der Waals surface area contributed by atoms with Gasteiger partial charge in [-0.3, -0.25) is 4.79 Å². The highest BCUT2D eigenvalue weighted by Gasteiger charge is 2.32. The smallest absolute Gasteiger partial charge is 0.404 e. The van der Waals surface area contributed by atoms with E-state index in [1.807, 2.05) is 4.90 Å². The van der Waals surface area contributed by atoms with Crippen molar-refractivity contribution in [3.8, 4) is 5.75 Å². The fourth-order valence-electron chi connectivity index (χ4n) is 2.99. The second-order valence-electron chi connectivity index (χ2n) is 6.25. The second kappa shape index (κ2) is 8.45. The summed E-state index contributed by atoms with van der Waals surface area (Å²) in [5, 5.41) is 3.00. The van der Waals surface area contributed by atoms with E-state index in [2.05, 4.69) is 15.0 Å². The van der Waals surface area contributed by atoms with Crippen LogP contribution in [0.3, 0.4) is 0 Å². The molecule has 0 radical (unpaired) electrons. The number of benzene rings is 1. The Balaban J connectivity index is 1.57. The molecule has 150 valence electrons. The fourth-order valence-corrected chi connectivity index (χ4v) is 3.45. The van der Waals surface area contributed by atoms with Crippen molar-refractivity contribution in [1.82, 2.24) is 4.98 Å². The van der Waals surface area contributed by atoms with Gasteiger partial charge in [0.15, 0.2) is 0 Å². The van der Waals surface area contributed by atoms with Crippen molar-refractivity contribution in [1.29, 1.82) is 0 Å². The first-order valence-corrected chi connectivity index (χ1v) is 9.20. The van der Waals surface area contributed by atoms with Gasteiger partial charge in [0.2, 0.25) is 5.91 Å². The molecule has 0 unspecified atom stereocenters. The molecule has 1 aromatic carbocycles. The van der Waals surface area contributed by atoms with E-state index in [1.165, 1.54) is 12.1 Å². The van der Waals surface area contributed by atoms with Gasteiger partial charge in [0.05, 0.1) is 10.0 Å². The molecule has 1 N–H and O–H groups in total. The van der Waals surface area contributed by atoms with Crippen LogP contribution in [0.15, 0.2) is 36.5 Å². The van der Waals surface area contributed by atoms with Crippen LogP contribution in [-0.2, 0) is 4.79 Å². The molecule has 1 aliphatic heterocycles. The maximum absolute atomic E-state index is 12.5. The van der Waals surface area contributed by atoms with Gasteiger partial charge in [-0.15, -0.1) is 13.2 Å². The summed E-state index contributed by atoms with van der Waals surface area (Å²) in [4.78, 5) is 18.8. The first kappa shape index (κ1) is 20.5. The Bertz CT molecular complexity index is 856. The van der Waals surface area contributed by atoms with Gasteiger partial charge in [0, 0.05) is 30.9 Å². The first-order chi connectivity index (χ1) is 13.2. The van der Waals surface area contributed by atoms with Crippen molar-refractivity contribution < 1.29 is 22.7 Å². The summed E-state index contributed by atoms with van der Waals surface area (Å²) in [6.45, 7) is 1.24. The van der Waals surface area contributed by atoms with Gasteiger partial charge >= 0.3 is 6.36 Å². The molecule has 5 nitrogen and oxygen atoms in total. The van der Waals surface area contributed by atoms with E-state index in [1.54, 1.807) is 18.3 Å². The number of rotatable bonds is 4. The molecular weight excluding hydrogens is 418 g/mol. The fraction of sp³-hybridized carbons (Fsp3) is 0.333. The van der Waals surface area contributed by atoms with Crippen LogP contribution in [0, 0.1) is 5.92 Å². The molecular formula is C18H16Cl2F3N3O2. The van der Waals surface area contributed by atoms with Crippen LogP contribution in [0.25, 0.3) is 0 Å². The number of hydrogen-bond donors (Lipinski definition) is 1. The van der Waals surface area contributed by atoms with Gasteiger partial charge in [0.1, 0.15) is 11.6 Å². The molecule has 2 heterocycles. The molecule has 3 rings (SSSR count). The average molecular weight is 434 g/mol. The number of nitrogens with one attached hydrogen (secondary N) is 1. The lowest BCUT2D eigenvalue weighted by atomic mass is 9.95. The molecule has 0 saturated carbocycles. The molecule has 1 saturated heterocycles. The van der Waals surface area contributed by atoms with Gasteiger partial charge in [-0.25, -0.2) is 4.98 Å². The molecule has 1 aromatic heterocycles. The van der Waals surface area contributed by atoms with Crippen LogP contribution in [0.1, 0.15) is 12.8 Å². The number of pyridine rings is 1. The number of aromatic nitrogens is 1. The van der Waals surface area contributed by atoms with Crippen molar-refractivity contribution in [3.05, 3.63) is 46.6 Å². The Labute approximate surface area is 169 Å². The van der Waals surface area contributed by atoms with E-state index in [4.69, 9.17) is 23.2 Å². The van der Waals surface area contributed by atoms with Crippen molar-refractivity contribution in [2.75, 3.05) is 23.3 Å². The van der Waals surface area contributed by atoms with E-state index in [0.717, 1.165) is 6.07 Å². The lowest BCUT2D eigenvalue weighted by Gasteiger charge is -2.32. The Kier molecular flexibility index (Phi) is 6.20. The summed E-state index contributed by atoms with van der Waals surface area (Å²) in [7, 11) is 0. The molecule has 1 fully saturated rings. The van der Waals surface area contributed by atoms with Gasteiger partial charge < -0.3 is 15.0 Å². The van der Waals surface area contributed by atoms with Crippen LogP contribution < -0.4 is 15.0 Å². The lowest BCUT2D eigenvalue weighted by molar-refractivity contribution is -0.274. The van der Waals surface area contributed by atoms with Gasteiger partial charge in [-0.1, -0.05) is 23.2 Å². The SMILES string of the molecule is O=C(Nc1ccc(OC(F)(F)F)c(Cl)c1)C1CCN(c2ncccc2Cl)CC1. The molecule has 0 atom stereocenters. The van der Waals surface area contributed by atoms with Crippen LogP contribution in [0.4, 0.5) is 24.7 Å². The van der Waals surface area contributed by atoms with Crippen molar-refractivity contribution >= 4 is 40.6 Å². The van der Waals surface area contributed by atoms with E-state index >= 15 is 0 Å². The van der Waals surface area contributed by atoms with Crippen molar-refractivity contribution in [2.24, 2.45) is 5.92 Å². The highest BCUT2D eigenvalue weighted by Crippen LogP contribution is 2.33. The highest BCUT2D eigenvalue weighted by molar-refractivity contribution is 6.33. The largest absolute Gasteiger partial charge is 0.573 e. The van der Waals surface area contributed by atoms with Gasteiger partial charge in [0.25, 0.3) is 0 Å². The Morgan fingerprint density at radius 1 is 1.18 bits per heavy atom. The number of carbonyl (C=O) groups excluding carboxylic acids is 1.